The Kier molecular flexibility index (Phi) is 7.67. The molecule has 0 saturated carbocycles. The molecule has 0 aromatic heterocycles. The van der Waals surface area contributed by atoms with Crippen molar-refractivity contribution >= 4 is 17.6 Å². The molecule has 0 fully saturated rings. The van der Waals surface area contributed by atoms with Crippen molar-refractivity contribution < 1.29 is 23.7 Å². The average Bonchev–Trinajstić information content (AvgIpc) is 2.88. The van der Waals surface area contributed by atoms with Gasteiger partial charge in [-0.05, 0) is 54.4 Å². The van der Waals surface area contributed by atoms with E-state index in [0.29, 0.717) is 40.0 Å². The maximum Gasteiger partial charge on any atom is 0.343 e. The van der Waals surface area contributed by atoms with Gasteiger partial charge in [0.25, 0.3) is 0 Å². The number of fused-ring (bicyclic) bond motifs is 1. The molecule has 3 aromatic carbocycles. The van der Waals surface area contributed by atoms with E-state index in [-0.39, 0.29) is 17.2 Å². The van der Waals surface area contributed by atoms with Gasteiger partial charge in [-0.2, -0.15) is 5.26 Å². The highest BCUT2D eigenvalue weighted by molar-refractivity contribution is 6.30. The Morgan fingerprint density at radius 2 is 1.89 bits per heavy atom. The second-order valence-electron chi connectivity index (χ2n) is 8.13. The minimum Gasteiger partial charge on any atom is -0.493 e. The Balaban J connectivity index is 1.66. The van der Waals surface area contributed by atoms with Crippen LogP contribution in [0.2, 0.25) is 5.02 Å². The number of carbonyl (C=O) groups excluding carboxylic acids is 1. The number of nitriles is 1. The van der Waals surface area contributed by atoms with Crippen LogP contribution in [0.3, 0.4) is 0 Å². The molecular weight excluding hydrogens is 480 g/mol. The summed E-state index contributed by atoms with van der Waals surface area (Å²) in [5, 5.41) is 10.4. The van der Waals surface area contributed by atoms with Gasteiger partial charge in [0, 0.05) is 16.7 Å². The predicted molar refractivity (Wildman–Crippen MR) is 136 cm³/mol. The quantitative estimate of drug-likeness (QED) is 0.229. The molecule has 0 aliphatic carbocycles. The summed E-state index contributed by atoms with van der Waals surface area (Å²) in [6, 6.07) is 19.1. The summed E-state index contributed by atoms with van der Waals surface area (Å²) in [5.41, 5.74) is 8.24. The minimum absolute atomic E-state index is 0.0154. The fourth-order valence-corrected chi connectivity index (χ4v) is 4.03. The molecule has 1 aliphatic heterocycles. The second-order valence-corrected chi connectivity index (χ2v) is 8.57. The molecule has 1 aliphatic rings. The largest absolute Gasteiger partial charge is 0.493 e. The number of unbranched alkanes of at least 4 members (excludes halogenated alkanes) is 1. The normalized spacial score (nSPS) is 14.3. The third kappa shape index (κ3) is 5.24. The first kappa shape index (κ1) is 25.0. The number of carbonyl (C=O) groups is 1. The number of hydrogen-bond donors (Lipinski definition) is 1. The van der Waals surface area contributed by atoms with E-state index in [4.69, 9.17) is 36.3 Å². The molecule has 36 heavy (non-hydrogen) atoms. The number of esters is 1. The highest BCUT2D eigenvalue weighted by Crippen LogP contribution is 2.45. The average molecular weight is 505 g/mol. The number of ether oxygens (including phenoxy) is 4. The van der Waals surface area contributed by atoms with Gasteiger partial charge in [-0.3, -0.25) is 0 Å². The fourth-order valence-electron chi connectivity index (χ4n) is 3.90. The summed E-state index contributed by atoms with van der Waals surface area (Å²) < 4.78 is 22.7. The van der Waals surface area contributed by atoms with E-state index < -0.39 is 11.9 Å². The summed E-state index contributed by atoms with van der Waals surface area (Å²) in [7, 11) is 1.57. The first-order chi connectivity index (χ1) is 17.4. The van der Waals surface area contributed by atoms with Gasteiger partial charge in [0.15, 0.2) is 11.5 Å². The zero-order valence-corrected chi connectivity index (χ0v) is 20.7. The molecule has 1 heterocycles. The van der Waals surface area contributed by atoms with E-state index in [1.165, 1.54) is 0 Å². The van der Waals surface area contributed by atoms with Crippen molar-refractivity contribution in [3.8, 4) is 29.1 Å². The zero-order chi connectivity index (χ0) is 25.7. The number of nitrogens with two attached hydrogens (primary N) is 1. The van der Waals surface area contributed by atoms with Gasteiger partial charge in [0.2, 0.25) is 5.88 Å². The first-order valence-electron chi connectivity index (χ1n) is 11.4. The van der Waals surface area contributed by atoms with Crippen LogP contribution in [0, 0.1) is 11.3 Å². The fraction of sp³-hybridized carbons (Fsp3) is 0.214. The molecule has 0 spiro atoms. The van der Waals surface area contributed by atoms with Crippen molar-refractivity contribution in [1.82, 2.24) is 0 Å². The third-order valence-corrected chi connectivity index (χ3v) is 6.01. The summed E-state index contributed by atoms with van der Waals surface area (Å²) in [5.74, 6) is 0.793. The van der Waals surface area contributed by atoms with Crippen molar-refractivity contribution in [2.45, 2.75) is 25.7 Å². The number of nitrogens with zero attached hydrogens (tertiary/aromatic N) is 1. The number of methoxy groups -OCH3 is 1. The number of benzene rings is 3. The van der Waals surface area contributed by atoms with Crippen LogP contribution >= 0.6 is 11.6 Å². The van der Waals surface area contributed by atoms with Crippen LogP contribution in [-0.2, 0) is 0 Å². The van der Waals surface area contributed by atoms with Gasteiger partial charge in [-0.15, -0.1) is 0 Å². The molecule has 184 valence electrons. The van der Waals surface area contributed by atoms with Gasteiger partial charge in [-0.1, -0.05) is 37.1 Å². The number of allylic oxidation sites excluding steroid dienone is 1. The van der Waals surface area contributed by atoms with E-state index in [1.807, 2.05) is 18.2 Å². The van der Waals surface area contributed by atoms with Crippen LogP contribution in [0.5, 0.6) is 23.0 Å². The lowest BCUT2D eigenvalue weighted by molar-refractivity contribution is 0.0734. The Labute approximate surface area is 214 Å². The monoisotopic (exact) mass is 504 g/mol. The van der Waals surface area contributed by atoms with Crippen molar-refractivity contribution in [3.05, 3.63) is 93.8 Å². The molecule has 3 aromatic rings. The second kappa shape index (κ2) is 11.1. The number of rotatable bonds is 8. The van der Waals surface area contributed by atoms with Crippen molar-refractivity contribution in [2.75, 3.05) is 13.7 Å². The summed E-state index contributed by atoms with van der Waals surface area (Å²) >= 11 is 5.89. The molecule has 1 unspecified atom stereocenters. The molecule has 0 bridgehead atoms. The SMILES string of the molecule is CCCCOc1ccc(C2C(C#N)=C(N)Oc3cc(OC(=O)c4ccc(Cl)cc4)ccc32)cc1OC. The molecule has 7 nitrogen and oxygen atoms in total. The lowest BCUT2D eigenvalue weighted by Crippen LogP contribution is -2.21. The van der Waals surface area contributed by atoms with E-state index >= 15 is 0 Å². The van der Waals surface area contributed by atoms with E-state index in [0.717, 1.165) is 18.4 Å². The van der Waals surface area contributed by atoms with Gasteiger partial charge >= 0.3 is 5.97 Å². The minimum atomic E-state index is -0.538. The van der Waals surface area contributed by atoms with Crippen LogP contribution in [0.4, 0.5) is 0 Å². The van der Waals surface area contributed by atoms with Gasteiger partial charge in [0.1, 0.15) is 23.1 Å². The van der Waals surface area contributed by atoms with Gasteiger partial charge in [0.05, 0.1) is 25.2 Å². The molecule has 0 radical (unpaired) electrons. The molecule has 8 heteroatoms. The maximum atomic E-state index is 12.5. The lowest BCUT2D eigenvalue weighted by atomic mass is 9.83. The van der Waals surface area contributed by atoms with E-state index in [1.54, 1.807) is 49.6 Å². The molecule has 2 N–H and O–H groups in total. The Morgan fingerprint density at radius 3 is 2.58 bits per heavy atom. The van der Waals surface area contributed by atoms with Crippen LogP contribution in [0.15, 0.2) is 72.1 Å². The molecule has 0 amide bonds. The summed E-state index contributed by atoms with van der Waals surface area (Å²) in [6.07, 6.45) is 1.95. The maximum absolute atomic E-state index is 12.5. The topological polar surface area (TPSA) is 104 Å². The van der Waals surface area contributed by atoms with E-state index in [2.05, 4.69) is 13.0 Å². The van der Waals surface area contributed by atoms with Crippen molar-refractivity contribution in [2.24, 2.45) is 5.73 Å². The molecular formula is C28H25ClN2O5. The summed E-state index contributed by atoms with van der Waals surface area (Å²) in [6.45, 7) is 2.68. The van der Waals surface area contributed by atoms with Gasteiger partial charge in [-0.25, -0.2) is 4.79 Å². The Hall–Kier alpha value is -4.15. The highest BCUT2D eigenvalue weighted by atomic mass is 35.5. The smallest absolute Gasteiger partial charge is 0.343 e. The molecule has 0 saturated heterocycles. The van der Waals surface area contributed by atoms with Gasteiger partial charge < -0.3 is 24.7 Å². The number of halogens is 1. The molecule has 4 rings (SSSR count). The van der Waals surface area contributed by atoms with Crippen molar-refractivity contribution in [3.63, 3.8) is 0 Å². The Bertz CT molecular complexity index is 1350. The predicted octanol–water partition coefficient (Wildman–Crippen LogP) is 5.96. The van der Waals surface area contributed by atoms with Crippen molar-refractivity contribution in [1.29, 1.82) is 5.26 Å². The molecule has 1 atom stereocenters. The first-order valence-corrected chi connectivity index (χ1v) is 11.8. The van der Waals surface area contributed by atoms with Crippen LogP contribution < -0.4 is 24.7 Å². The summed E-state index contributed by atoms with van der Waals surface area (Å²) in [4.78, 5) is 12.5. The standard InChI is InChI=1S/C28H25ClN2O5/c1-3-4-13-34-23-12-7-18(14-25(23)33-2)26-21-11-10-20(15-24(21)36-27(31)22(26)16-30)35-28(32)17-5-8-19(29)9-6-17/h5-12,14-15,26H,3-4,13,31H2,1-2H3. The number of hydrogen-bond acceptors (Lipinski definition) is 7. The Morgan fingerprint density at radius 1 is 1.11 bits per heavy atom. The highest BCUT2D eigenvalue weighted by Gasteiger charge is 2.31. The zero-order valence-electron chi connectivity index (χ0n) is 19.9. The lowest BCUT2D eigenvalue weighted by Gasteiger charge is -2.27. The van der Waals surface area contributed by atoms with Crippen LogP contribution in [0.1, 0.15) is 47.2 Å². The van der Waals surface area contributed by atoms with Crippen LogP contribution in [-0.4, -0.2) is 19.7 Å². The van der Waals surface area contributed by atoms with Crippen LogP contribution in [0.25, 0.3) is 0 Å². The van der Waals surface area contributed by atoms with E-state index in [9.17, 15) is 10.1 Å². The third-order valence-electron chi connectivity index (χ3n) is 5.76.